The van der Waals surface area contributed by atoms with Gasteiger partial charge in [-0.3, -0.25) is 4.90 Å². The summed E-state index contributed by atoms with van der Waals surface area (Å²) < 4.78 is 0. The van der Waals surface area contributed by atoms with Crippen molar-refractivity contribution >= 4 is 5.82 Å². The van der Waals surface area contributed by atoms with E-state index in [0.29, 0.717) is 12.0 Å². The van der Waals surface area contributed by atoms with Gasteiger partial charge in [0.05, 0.1) is 0 Å². The third-order valence-electron chi connectivity index (χ3n) is 4.81. The van der Waals surface area contributed by atoms with E-state index in [4.69, 9.17) is 0 Å². The van der Waals surface area contributed by atoms with Crippen molar-refractivity contribution in [3.05, 3.63) is 18.1 Å². The first-order valence-corrected chi connectivity index (χ1v) is 8.13. The summed E-state index contributed by atoms with van der Waals surface area (Å²) in [5.74, 6) is 1.56. The molecule has 0 amide bonds. The molecular formula is C16H27N5. The standard InChI is InChI=1S/C16H27N5/c1-13(2)15-10-16(18-12-17-15)21-5-4-14(11-21)20-8-6-19(3)7-9-20/h10,12-14H,4-9,11H2,1-3H3/t14-/m1/s1. The Hall–Kier alpha value is -1.20. The fraction of sp³-hybridized carbons (Fsp3) is 0.750. The average molecular weight is 289 g/mol. The molecule has 0 radical (unpaired) electrons. The molecule has 1 aromatic rings. The maximum absolute atomic E-state index is 4.48. The molecule has 0 aliphatic carbocycles. The number of hydrogen-bond donors (Lipinski definition) is 0. The van der Waals surface area contributed by atoms with Crippen molar-refractivity contribution in [3.8, 4) is 0 Å². The number of hydrogen-bond acceptors (Lipinski definition) is 5. The van der Waals surface area contributed by atoms with Crippen LogP contribution in [-0.2, 0) is 0 Å². The van der Waals surface area contributed by atoms with Gasteiger partial charge in [0.2, 0.25) is 0 Å². The first kappa shape index (κ1) is 14.7. The lowest BCUT2D eigenvalue weighted by atomic mass is 10.1. The van der Waals surface area contributed by atoms with Crippen LogP contribution >= 0.6 is 0 Å². The predicted molar refractivity (Wildman–Crippen MR) is 85.8 cm³/mol. The summed E-state index contributed by atoms with van der Waals surface area (Å²) >= 11 is 0. The van der Waals surface area contributed by atoms with Crippen molar-refractivity contribution in [3.63, 3.8) is 0 Å². The minimum Gasteiger partial charge on any atom is -0.355 e. The van der Waals surface area contributed by atoms with E-state index in [9.17, 15) is 0 Å². The molecule has 0 bridgehead atoms. The van der Waals surface area contributed by atoms with Gasteiger partial charge >= 0.3 is 0 Å². The monoisotopic (exact) mass is 289 g/mol. The lowest BCUT2D eigenvalue weighted by molar-refractivity contribution is 0.120. The lowest BCUT2D eigenvalue weighted by Crippen LogP contribution is -2.49. The predicted octanol–water partition coefficient (Wildman–Crippen LogP) is 1.43. The Morgan fingerprint density at radius 3 is 2.57 bits per heavy atom. The van der Waals surface area contributed by atoms with Gasteiger partial charge in [-0.2, -0.15) is 0 Å². The molecule has 0 aromatic carbocycles. The zero-order valence-electron chi connectivity index (χ0n) is 13.5. The molecule has 3 heterocycles. The zero-order chi connectivity index (χ0) is 14.8. The largest absolute Gasteiger partial charge is 0.355 e. The van der Waals surface area contributed by atoms with Gasteiger partial charge in [0, 0.05) is 57.1 Å². The van der Waals surface area contributed by atoms with Crippen LogP contribution < -0.4 is 4.90 Å². The topological polar surface area (TPSA) is 35.5 Å². The molecule has 0 saturated carbocycles. The highest BCUT2D eigenvalue weighted by atomic mass is 15.3. The zero-order valence-corrected chi connectivity index (χ0v) is 13.5. The van der Waals surface area contributed by atoms with Crippen molar-refractivity contribution < 1.29 is 0 Å². The summed E-state index contributed by atoms with van der Waals surface area (Å²) in [6.45, 7) is 11.4. The summed E-state index contributed by atoms with van der Waals surface area (Å²) in [5, 5.41) is 0. The minimum absolute atomic E-state index is 0.461. The number of aromatic nitrogens is 2. The molecule has 5 nitrogen and oxygen atoms in total. The first-order chi connectivity index (χ1) is 10.1. The highest BCUT2D eigenvalue weighted by Crippen LogP contribution is 2.23. The second-order valence-electron chi connectivity index (χ2n) is 6.68. The molecule has 0 unspecified atom stereocenters. The van der Waals surface area contributed by atoms with E-state index in [0.717, 1.165) is 24.6 Å². The van der Waals surface area contributed by atoms with E-state index < -0.39 is 0 Å². The second-order valence-corrected chi connectivity index (χ2v) is 6.68. The molecule has 21 heavy (non-hydrogen) atoms. The van der Waals surface area contributed by atoms with Crippen molar-refractivity contribution in [2.24, 2.45) is 0 Å². The quantitative estimate of drug-likeness (QED) is 0.841. The smallest absolute Gasteiger partial charge is 0.132 e. The molecule has 2 aliphatic rings. The van der Waals surface area contributed by atoms with Crippen LogP contribution in [0.5, 0.6) is 0 Å². The van der Waals surface area contributed by atoms with E-state index in [2.05, 4.69) is 51.6 Å². The molecule has 0 N–H and O–H groups in total. The van der Waals surface area contributed by atoms with E-state index in [1.165, 1.54) is 32.6 Å². The van der Waals surface area contributed by atoms with Crippen LogP contribution in [0.25, 0.3) is 0 Å². The molecule has 1 atom stereocenters. The van der Waals surface area contributed by atoms with Gasteiger partial charge in [-0.05, 0) is 19.4 Å². The fourth-order valence-electron chi connectivity index (χ4n) is 3.29. The summed E-state index contributed by atoms with van der Waals surface area (Å²) in [6.07, 6.45) is 2.97. The summed E-state index contributed by atoms with van der Waals surface area (Å²) in [4.78, 5) is 16.4. The molecule has 2 fully saturated rings. The SMILES string of the molecule is CC(C)c1cc(N2CC[C@@H](N3CCN(C)CC3)C2)ncn1. The Labute approximate surface area is 128 Å². The van der Waals surface area contributed by atoms with Gasteiger partial charge in [0.15, 0.2) is 0 Å². The Morgan fingerprint density at radius 2 is 1.86 bits per heavy atom. The average Bonchev–Trinajstić information content (AvgIpc) is 2.98. The third kappa shape index (κ3) is 3.35. The number of rotatable bonds is 3. The van der Waals surface area contributed by atoms with E-state index in [-0.39, 0.29) is 0 Å². The number of anilines is 1. The van der Waals surface area contributed by atoms with Gasteiger partial charge in [-0.25, -0.2) is 9.97 Å². The van der Waals surface area contributed by atoms with Crippen molar-refractivity contribution in [1.29, 1.82) is 0 Å². The Balaban J connectivity index is 1.63. The number of nitrogens with zero attached hydrogens (tertiary/aromatic N) is 5. The Bertz CT molecular complexity index is 467. The molecule has 2 aliphatic heterocycles. The maximum atomic E-state index is 4.48. The summed E-state index contributed by atoms with van der Waals surface area (Å²) in [5.41, 5.74) is 1.14. The van der Waals surface area contributed by atoms with Crippen molar-refractivity contribution in [2.45, 2.75) is 32.2 Å². The molecule has 5 heteroatoms. The summed E-state index contributed by atoms with van der Waals surface area (Å²) in [6, 6.07) is 2.85. The van der Waals surface area contributed by atoms with Crippen LogP contribution in [0.2, 0.25) is 0 Å². The fourth-order valence-corrected chi connectivity index (χ4v) is 3.29. The van der Waals surface area contributed by atoms with Gasteiger partial charge in [-0.15, -0.1) is 0 Å². The van der Waals surface area contributed by atoms with E-state index >= 15 is 0 Å². The van der Waals surface area contributed by atoms with Gasteiger partial charge in [0.25, 0.3) is 0 Å². The summed E-state index contributed by atoms with van der Waals surface area (Å²) in [7, 11) is 2.21. The molecule has 116 valence electrons. The van der Waals surface area contributed by atoms with Crippen LogP contribution in [0, 0.1) is 0 Å². The van der Waals surface area contributed by atoms with Crippen molar-refractivity contribution in [1.82, 2.24) is 19.8 Å². The molecule has 2 saturated heterocycles. The maximum Gasteiger partial charge on any atom is 0.132 e. The Morgan fingerprint density at radius 1 is 1.10 bits per heavy atom. The van der Waals surface area contributed by atoms with Crippen LogP contribution in [0.1, 0.15) is 31.9 Å². The van der Waals surface area contributed by atoms with Gasteiger partial charge < -0.3 is 9.80 Å². The van der Waals surface area contributed by atoms with Crippen LogP contribution in [0.15, 0.2) is 12.4 Å². The highest BCUT2D eigenvalue weighted by molar-refractivity contribution is 5.41. The molecule has 1 aromatic heterocycles. The van der Waals surface area contributed by atoms with E-state index in [1.807, 2.05) is 0 Å². The van der Waals surface area contributed by atoms with Crippen LogP contribution in [0.4, 0.5) is 5.82 Å². The Kier molecular flexibility index (Phi) is 4.40. The molecular weight excluding hydrogens is 262 g/mol. The number of likely N-dealkylation sites (N-methyl/N-ethyl adjacent to an activating group) is 1. The minimum atomic E-state index is 0.461. The third-order valence-corrected chi connectivity index (χ3v) is 4.81. The highest BCUT2D eigenvalue weighted by Gasteiger charge is 2.30. The van der Waals surface area contributed by atoms with E-state index in [1.54, 1.807) is 6.33 Å². The molecule has 0 spiro atoms. The van der Waals surface area contributed by atoms with Crippen LogP contribution in [0.3, 0.4) is 0 Å². The number of piperazine rings is 1. The second kappa shape index (κ2) is 6.28. The van der Waals surface area contributed by atoms with Gasteiger partial charge in [0.1, 0.15) is 12.1 Å². The van der Waals surface area contributed by atoms with Crippen LogP contribution in [-0.4, -0.2) is 72.1 Å². The first-order valence-electron chi connectivity index (χ1n) is 8.13. The van der Waals surface area contributed by atoms with Crippen molar-refractivity contribution in [2.75, 3.05) is 51.2 Å². The van der Waals surface area contributed by atoms with Gasteiger partial charge in [-0.1, -0.05) is 13.8 Å². The normalized spacial score (nSPS) is 25.0. The molecule has 3 rings (SSSR count). The lowest BCUT2D eigenvalue weighted by Gasteiger charge is -2.36.